The van der Waals surface area contributed by atoms with Crippen molar-refractivity contribution in [2.24, 2.45) is 0 Å². The predicted molar refractivity (Wildman–Crippen MR) is 71.0 cm³/mol. The molecule has 0 aliphatic heterocycles. The summed E-state index contributed by atoms with van der Waals surface area (Å²) >= 11 is 1.17. The predicted octanol–water partition coefficient (Wildman–Crippen LogP) is 2.19. The van der Waals surface area contributed by atoms with E-state index >= 15 is 0 Å². The fourth-order valence-electron chi connectivity index (χ4n) is 1.59. The van der Waals surface area contributed by atoms with Crippen LogP contribution >= 0.6 is 11.8 Å². The van der Waals surface area contributed by atoms with Crippen molar-refractivity contribution in [3.63, 3.8) is 0 Å². The first-order valence-corrected chi connectivity index (χ1v) is 6.82. The van der Waals surface area contributed by atoms with Crippen LogP contribution in [0.5, 0.6) is 0 Å². The third kappa shape index (κ3) is 5.51. The SMILES string of the molecule is CC(O)CC(C)NC(=O)CSc1ccccc1F. The summed E-state index contributed by atoms with van der Waals surface area (Å²) in [5, 5.41) is 11.9. The van der Waals surface area contributed by atoms with Crippen LogP contribution in [0, 0.1) is 5.82 Å². The van der Waals surface area contributed by atoms with Crippen molar-refractivity contribution in [2.45, 2.75) is 37.3 Å². The normalized spacial score (nSPS) is 14.0. The summed E-state index contributed by atoms with van der Waals surface area (Å²) in [7, 11) is 0. The van der Waals surface area contributed by atoms with Crippen LogP contribution in [0.3, 0.4) is 0 Å². The molecule has 1 aromatic rings. The molecule has 100 valence electrons. The van der Waals surface area contributed by atoms with Crippen LogP contribution in [0.4, 0.5) is 4.39 Å². The Kier molecular flexibility index (Phi) is 6.15. The molecule has 0 aliphatic rings. The average Bonchev–Trinajstić information content (AvgIpc) is 2.26. The highest BCUT2D eigenvalue weighted by atomic mass is 32.2. The molecule has 1 aromatic carbocycles. The second-order valence-corrected chi connectivity index (χ2v) is 5.29. The molecular formula is C13H18FNO2S. The van der Waals surface area contributed by atoms with E-state index in [1.54, 1.807) is 25.1 Å². The maximum atomic E-state index is 13.3. The van der Waals surface area contributed by atoms with E-state index in [2.05, 4.69) is 5.32 Å². The van der Waals surface area contributed by atoms with Gasteiger partial charge in [0.05, 0.1) is 11.9 Å². The van der Waals surface area contributed by atoms with Crippen molar-refractivity contribution in [2.75, 3.05) is 5.75 Å². The zero-order valence-electron chi connectivity index (χ0n) is 10.5. The Morgan fingerprint density at radius 2 is 2.11 bits per heavy atom. The van der Waals surface area contributed by atoms with E-state index < -0.39 is 6.10 Å². The number of hydrogen-bond acceptors (Lipinski definition) is 3. The lowest BCUT2D eigenvalue weighted by molar-refractivity contribution is -0.119. The monoisotopic (exact) mass is 271 g/mol. The Morgan fingerprint density at radius 3 is 2.72 bits per heavy atom. The standard InChI is InChI=1S/C13H18FNO2S/c1-9(7-10(2)16)15-13(17)8-18-12-6-4-3-5-11(12)14/h3-6,9-10,16H,7-8H2,1-2H3,(H,15,17). The Bertz CT molecular complexity index is 398. The lowest BCUT2D eigenvalue weighted by Gasteiger charge is -2.15. The summed E-state index contributed by atoms with van der Waals surface area (Å²) in [5.74, 6) is -0.297. The number of nitrogens with one attached hydrogen (secondary N) is 1. The molecule has 0 aliphatic carbocycles. The van der Waals surface area contributed by atoms with Crippen LogP contribution in [-0.4, -0.2) is 28.9 Å². The number of aliphatic hydroxyl groups excluding tert-OH is 1. The van der Waals surface area contributed by atoms with Gasteiger partial charge < -0.3 is 10.4 Å². The van der Waals surface area contributed by atoms with Gasteiger partial charge in [-0.3, -0.25) is 4.79 Å². The topological polar surface area (TPSA) is 49.3 Å². The van der Waals surface area contributed by atoms with E-state index in [0.717, 1.165) is 0 Å². The molecule has 3 nitrogen and oxygen atoms in total. The van der Waals surface area contributed by atoms with E-state index in [-0.39, 0.29) is 23.5 Å². The molecule has 0 aromatic heterocycles. The van der Waals surface area contributed by atoms with E-state index in [1.807, 2.05) is 6.92 Å². The highest BCUT2D eigenvalue weighted by molar-refractivity contribution is 8.00. The van der Waals surface area contributed by atoms with Crippen molar-refractivity contribution in [3.05, 3.63) is 30.1 Å². The van der Waals surface area contributed by atoms with Crippen LogP contribution in [-0.2, 0) is 4.79 Å². The molecule has 0 fully saturated rings. The summed E-state index contributed by atoms with van der Waals surface area (Å²) in [6.07, 6.45) is 0.0651. The minimum atomic E-state index is -0.445. The molecule has 2 N–H and O–H groups in total. The van der Waals surface area contributed by atoms with Gasteiger partial charge in [-0.05, 0) is 32.4 Å². The van der Waals surface area contributed by atoms with Crippen LogP contribution < -0.4 is 5.32 Å². The maximum Gasteiger partial charge on any atom is 0.230 e. The van der Waals surface area contributed by atoms with Gasteiger partial charge >= 0.3 is 0 Å². The number of carbonyl (C=O) groups is 1. The molecule has 0 heterocycles. The number of aliphatic hydroxyl groups is 1. The summed E-state index contributed by atoms with van der Waals surface area (Å²) < 4.78 is 13.3. The quantitative estimate of drug-likeness (QED) is 0.780. The largest absolute Gasteiger partial charge is 0.393 e. The third-order valence-electron chi connectivity index (χ3n) is 2.30. The Morgan fingerprint density at radius 1 is 1.44 bits per heavy atom. The number of carbonyl (C=O) groups excluding carboxylic acids is 1. The van der Waals surface area contributed by atoms with Gasteiger partial charge in [-0.25, -0.2) is 4.39 Å². The molecule has 5 heteroatoms. The van der Waals surface area contributed by atoms with Crippen LogP contribution in [0.1, 0.15) is 20.3 Å². The average molecular weight is 271 g/mol. The number of halogens is 1. The molecule has 1 amide bonds. The van der Waals surface area contributed by atoms with Crippen molar-refractivity contribution in [1.82, 2.24) is 5.32 Å². The zero-order chi connectivity index (χ0) is 13.5. The van der Waals surface area contributed by atoms with Crippen LogP contribution in [0.15, 0.2) is 29.2 Å². The second kappa shape index (κ2) is 7.38. The van der Waals surface area contributed by atoms with Gasteiger partial charge in [-0.15, -0.1) is 11.8 Å². The fraction of sp³-hybridized carbons (Fsp3) is 0.462. The summed E-state index contributed by atoms with van der Waals surface area (Å²) in [6, 6.07) is 6.28. The van der Waals surface area contributed by atoms with Crippen molar-refractivity contribution < 1.29 is 14.3 Å². The summed E-state index contributed by atoms with van der Waals surface area (Å²) in [4.78, 5) is 12.1. The number of thioether (sulfide) groups is 1. The van der Waals surface area contributed by atoms with Gasteiger partial charge in [0.2, 0.25) is 5.91 Å². The lowest BCUT2D eigenvalue weighted by Crippen LogP contribution is -2.35. The Labute approximate surface area is 111 Å². The Hall–Kier alpha value is -1.07. The lowest BCUT2D eigenvalue weighted by atomic mass is 10.1. The van der Waals surface area contributed by atoms with Gasteiger partial charge in [-0.1, -0.05) is 12.1 Å². The first-order valence-electron chi connectivity index (χ1n) is 5.83. The second-order valence-electron chi connectivity index (χ2n) is 4.27. The molecule has 0 spiro atoms. The Balaban J connectivity index is 2.35. The number of hydrogen-bond donors (Lipinski definition) is 2. The van der Waals surface area contributed by atoms with E-state index in [1.165, 1.54) is 17.8 Å². The zero-order valence-corrected chi connectivity index (χ0v) is 11.3. The van der Waals surface area contributed by atoms with Crippen LogP contribution in [0.25, 0.3) is 0 Å². The minimum Gasteiger partial charge on any atom is -0.393 e. The minimum absolute atomic E-state index is 0.0845. The summed E-state index contributed by atoms with van der Waals surface area (Å²) in [5.41, 5.74) is 0. The van der Waals surface area contributed by atoms with Crippen molar-refractivity contribution in [3.8, 4) is 0 Å². The number of rotatable bonds is 6. The molecular weight excluding hydrogens is 253 g/mol. The van der Waals surface area contributed by atoms with Crippen molar-refractivity contribution >= 4 is 17.7 Å². The number of amides is 1. The molecule has 2 atom stereocenters. The van der Waals surface area contributed by atoms with Gasteiger partial charge in [0.1, 0.15) is 5.82 Å². The van der Waals surface area contributed by atoms with E-state index in [4.69, 9.17) is 0 Å². The van der Waals surface area contributed by atoms with Gasteiger partial charge in [0, 0.05) is 10.9 Å². The third-order valence-corrected chi connectivity index (χ3v) is 3.35. The first kappa shape index (κ1) is 15.0. The first-order chi connectivity index (χ1) is 8.49. The van der Waals surface area contributed by atoms with E-state index in [9.17, 15) is 14.3 Å². The molecule has 0 radical (unpaired) electrons. The van der Waals surface area contributed by atoms with Gasteiger partial charge in [-0.2, -0.15) is 0 Å². The van der Waals surface area contributed by atoms with Gasteiger partial charge in [0.15, 0.2) is 0 Å². The smallest absolute Gasteiger partial charge is 0.230 e. The van der Waals surface area contributed by atoms with Crippen molar-refractivity contribution in [1.29, 1.82) is 0 Å². The van der Waals surface area contributed by atoms with Gasteiger partial charge in [0.25, 0.3) is 0 Å². The molecule has 0 saturated carbocycles. The fourth-order valence-corrected chi connectivity index (χ4v) is 2.34. The van der Waals surface area contributed by atoms with E-state index in [0.29, 0.717) is 11.3 Å². The highest BCUT2D eigenvalue weighted by Gasteiger charge is 2.11. The molecule has 18 heavy (non-hydrogen) atoms. The molecule has 2 unspecified atom stereocenters. The number of benzene rings is 1. The molecule has 0 saturated heterocycles. The van der Waals surface area contributed by atoms with Crippen LogP contribution in [0.2, 0.25) is 0 Å². The maximum absolute atomic E-state index is 13.3. The highest BCUT2D eigenvalue weighted by Crippen LogP contribution is 2.20. The summed E-state index contributed by atoms with van der Waals surface area (Å²) in [6.45, 7) is 3.51. The molecule has 0 bridgehead atoms. The molecule has 1 rings (SSSR count).